The van der Waals surface area contributed by atoms with Crippen LogP contribution in [0.25, 0.3) is 0 Å². The van der Waals surface area contributed by atoms with E-state index in [9.17, 15) is 18.3 Å². The van der Waals surface area contributed by atoms with Gasteiger partial charge in [-0.2, -0.15) is 8.42 Å². The number of carbonyl (C=O) groups excluding carboxylic acids is 1. The van der Waals surface area contributed by atoms with Crippen molar-refractivity contribution >= 4 is 22.0 Å². The monoisotopic (exact) mass is 274 g/mol. The van der Waals surface area contributed by atoms with Crippen LogP contribution in [0.4, 0.5) is 10.5 Å². The Morgan fingerprint density at radius 3 is 2.67 bits per heavy atom. The largest absolute Gasteiger partial charge is 0.452 e. The zero-order valence-electron chi connectivity index (χ0n) is 9.88. The van der Waals surface area contributed by atoms with E-state index in [0.29, 0.717) is 5.56 Å². The Kier molecular flexibility index (Phi) is 4.51. The lowest BCUT2D eigenvalue weighted by molar-refractivity contribution is 0.177. The summed E-state index contributed by atoms with van der Waals surface area (Å²) in [4.78, 5) is 10.8. The van der Waals surface area contributed by atoms with Crippen LogP contribution in [0.15, 0.2) is 24.3 Å². The maximum Gasteiger partial charge on any atom is 0.422 e. The predicted molar refractivity (Wildman–Crippen MR) is 65.2 cm³/mol. The molecule has 100 valence electrons. The molecule has 0 saturated heterocycles. The molecule has 8 heteroatoms. The van der Waals surface area contributed by atoms with E-state index >= 15 is 0 Å². The zero-order chi connectivity index (χ0) is 13.8. The number of benzene rings is 1. The number of amides is 1. The molecule has 1 unspecified atom stereocenters. The van der Waals surface area contributed by atoms with Crippen molar-refractivity contribution in [1.29, 1.82) is 0 Å². The van der Waals surface area contributed by atoms with Crippen LogP contribution in [0.1, 0.15) is 18.6 Å². The first-order valence-corrected chi connectivity index (χ1v) is 6.49. The molecule has 7 nitrogen and oxygen atoms in total. The highest BCUT2D eigenvalue weighted by molar-refractivity contribution is 7.91. The summed E-state index contributed by atoms with van der Waals surface area (Å²) in [5.74, 6) is 0. The average Bonchev–Trinajstić information content (AvgIpc) is 2.27. The summed E-state index contributed by atoms with van der Waals surface area (Å²) in [5.41, 5.74) is 0.776. The van der Waals surface area contributed by atoms with Gasteiger partial charge in [0, 0.05) is 0 Å². The Bertz CT molecular complexity index is 527. The van der Waals surface area contributed by atoms with E-state index in [0.717, 1.165) is 7.11 Å². The predicted octanol–water partition coefficient (Wildman–Crippen LogP) is 0.753. The molecule has 0 aliphatic carbocycles. The Morgan fingerprint density at radius 2 is 2.11 bits per heavy atom. The topological polar surface area (TPSA) is 105 Å². The minimum Gasteiger partial charge on any atom is -0.452 e. The van der Waals surface area contributed by atoms with Gasteiger partial charge < -0.3 is 9.84 Å². The molecule has 1 aromatic rings. The van der Waals surface area contributed by atoms with E-state index in [1.165, 1.54) is 12.1 Å². The number of hydrogen-bond acceptors (Lipinski definition) is 5. The molecule has 0 spiro atoms. The number of nitrogens with one attached hydrogen (secondary N) is 2. The van der Waals surface area contributed by atoms with Gasteiger partial charge in [-0.15, -0.1) is 0 Å². The van der Waals surface area contributed by atoms with Gasteiger partial charge >= 0.3 is 16.3 Å². The fraction of sp³-hybridized carbons (Fsp3) is 0.300. The number of ether oxygens (including phenoxy) is 1. The first-order valence-electron chi connectivity index (χ1n) is 5.00. The van der Waals surface area contributed by atoms with Crippen LogP contribution in [-0.4, -0.2) is 26.7 Å². The molecule has 0 fully saturated rings. The fourth-order valence-corrected chi connectivity index (χ4v) is 1.99. The summed E-state index contributed by atoms with van der Waals surface area (Å²) in [7, 11) is -2.99. The number of aliphatic hydroxyl groups is 1. The minimum absolute atomic E-state index is 0.227. The molecule has 18 heavy (non-hydrogen) atoms. The molecular formula is C10H14N2O5S. The number of carbonyl (C=O) groups is 1. The van der Waals surface area contributed by atoms with Crippen LogP contribution >= 0.6 is 0 Å². The van der Waals surface area contributed by atoms with Crippen molar-refractivity contribution in [1.82, 2.24) is 4.72 Å². The lowest BCUT2D eigenvalue weighted by Crippen LogP contribution is -2.35. The second-order valence-corrected chi connectivity index (χ2v) is 4.92. The van der Waals surface area contributed by atoms with Crippen LogP contribution in [-0.2, 0) is 14.9 Å². The van der Waals surface area contributed by atoms with Crippen LogP contribution in [0.3, 0.4) is 0 Å². The number of rotatable bonds is 4. The van der Waals surface area contributed by atoms with E-state index < -0.39 is 22.4 Å². The molecule has 0 saturated carbocycles. The normalized spacial score (nSPS) is 12.6. The Labute approximate surface area is 105 Å². The lowest BCUT2D eigenvalue weighted by atomic mass is 10.1. The van der Waals surface area contributed by atoms with Gasteiger partial charge in [-0.3, -0.25) is 4.72 Å². The molecule has 0 aliphatic heterocycles. The molecule has 1 aromatic carbocycles. The van der Waals surface area contributed by atoms with Crippen molar-refractivity contribution in [3.63, 3.8) is 0 Å². The van der Waals surface area contributed by atoms with Gasteiger partial charge in [-0.25, -0.2) is 9.52 Å². The summed E-state index contributed by atoms with van der Waals surface area (Å²) in [5, 5.41) is 9.36. The van der Waals surface area contributed by atoms with Crippen molar-refractivity contribution in [2.45, 2.75) is 13.0 Å². The van der Waals surface area contributed by atoms with Gasteiger partial charge in [-0.05, 0) is 24.6 Å². The Balaban J connectivity index is 2.84. The first-order chi connectivity index (χ1) is 8.34. The van der Waals surface area contributed by atoms with Crippen LogP contribution in [0, 0.1) is 0 Å². The maximum atomic E-state index is 11.5. The van der Waals surface area contributed by atoms with Gasteiger partial charge in [0.15, 0.2) is 0 Å². The first kappa shape index (κ1) is 14.3. The highest BCUT2D eigenvalue weighted by Gasteiger charge is 2.14. The molecule has 1 atom stereocenters. The number of anilines is 1. The third kappa shape index (κ3) is 4.22. The van der Waals surface area contributed by atoms with Gasteiger partial charge in [0.1, 0.15) is 0 Å². The molecule has 0 aliphatic rings. The summed E-state index contributed by atoms with van der Waals surface area (Å²) in [6, 6.07) is 6.18. The second-order valence-electron chi connectivity index (χ2n) is 3.50. The number of aliphatic hydroxyl groups excluding tert-OH is 1. The number of methoxy groups -OCH3 is 1. The summed E-state index contributed by atoms with van der Waals surface area (Å²) in [6.45, 7) is 1.56. The molecule has 0 aromatic heterocycles. The van der Waals surface area contributed by atoms with Crippen molar-refractivity contribution in [2.24, 2.45) is 0 Å². The molecular weight excluding hydrogens is 260 g/mol. The molecule has 1 amide bonds. The van der Waals surface area contributed by atoms with Crippen LogP contribution in [0.2, 0.25) is 0 Å². The fourth-order valence-electron chi connectivity index (χ4n) is 1.19. The SMILES string of the molecule is COC(=O)NS(=O)(=O)Nc1cccc(C(C)O)c1. The van der Waals surface area contributed by atoms with Crippen molar-refractivity contribution in [3.05, 3.63) is 29.8 Å². The van der Waals surface area contributed by atoms with E-state index in [4.69, 9.17) is 0 Å². The van der Waals surface area contributed by atoms with Gasteiger partial charge in [0.2, 0.25) is 0 Å². The molecule has 0 heterocycles. The van der Waals surface area contributed by atoms with E-state index in [2.05, 4.69) is 9.46 Å². The van der Waals surface area contributed by atoms with Gasteiger partial charge in [0.05, 0.1) is 18.9 Å². The highest BCUT2D eigenvalue weighted by Crippen LogP contribution is 2.17. The average molecular weight is 274 g/mol. The third-order valence-corrected chi connectivity index (χ3v) is 2.96. The summed E-state index contributed by atoms with van der Waals surface area (Å²) < 4.78 is 30.9. The number of hydrogen-bond donors (Lipinski definition) is 3. The molecule has 1 rings (SSSR count). The quantitative estimate of drug-likeness (QED) is 0.751. The smallest absolute Gasteiger partial charge is 0.422 e. The Morgan fingerprint density at radius 1 is 1.44 bits per heavy atom. The van der Waals surface area contributed by atoms with Crippen molar-refractivity contribution < 1.29 is 23.1 Å². The highest BCUT2D eigenvalue weighted by atomic mass is 32.2. The zero-order valence-corrected chi connectivity index (χ0v) is 10.7. The second kappa shape index (κ2) is 5.69. The molecule has 0 bridgehead atoms. The maximum absolute atomic E-state index is 11.5. The third-order valence-electron chi connectivity index (χ3n) is 2.02. The minimum atomic E-state index is -4.04. The van der Waals surface area contributed by atoms with E-state index in [-0.39, 0.29) is 5.69 Å². The van der Waals surface area contributed by atoms with Crippen molar-refractivity contribution in [3.8, 4) is 0 Å². The van der Waals surface area contributed by atoms with Crippen LogP contribution < -0.4 is 9.44 Å². The molecule has 0 radical (unpaired) electrons. The Hall–Kier alpha value is -1.80. The standard InChI is InChI=1S/C10H14N2O5S/c1-7(13)8-4-3-5-9(6-8)11-18(15,16)12-10(14)17-2/h3-7,11,13H,1-2H3,(H,12,14). The summed E-state index contributed by atoms with van der Waals surface area (Å²) in [6.07, 6.45) is -1.81. The van der Waals surface area contributed by atoms with Crippen molar-refractivity contribution in [2.75, 3.05) is 11.8 Å². The van der Waals surface area contributed by atoms with Gasteiger partial charge in [0.25, 0.3) is 0 Å². The van der Waals surface area contributed by atoms with E-state index in [1.54, 1.807) is 23.8 Å². The van der Waals surface area contributed by atoms with Gasteiger partial charge in [-0.1, -0.05) is 12.1 Å². The van der Waals surface area contributed by atoms with E-state index in [1.807, 2.05) is 0 Å². The summed E-state index contributed by atoms with van der Waals surface area (Å²) >= 11 is 0. The van der Waals surface area contributed by atoms with Crippen LogP contribution in [0.5, 0.6) is 0 Å². The molecule has 3 N–H and O–H groups in total. The lowest BCUT2D eigenvalue weighted by Gasteiger charge is -2.10.